The summed E-state index contributed by atoms with van der Waals surface area (Å²) in [7, 11) is 0. The minimum Gasteiger partial charge on any atom is -1.00 e. The molecule has 0 amide bonds. The zero-order valence-electron chi connectivity index (χ0n) is 2.26. The first kappa shape index (κ1) is 38.2. The molecule has 4 heavy (non-hydrogen) atoms. The van der Waals surface area contributed by atoms with Crippen LogP contribution < -0.4 is 24.8 Å². The van der Waals surface area contributed by atoms with Crippen LogP contribution in [0, 0.1) is 49.2 Å². The predicted octanol–water partition coefficient (Wildman–Crippen LogP) is -5.54. The fourth-order valence-electron chi connectivity index (χ4n) is 0. The van der Waals surface area contributed by atoms with E-state index in [2.05, 4.69) is 0 Å². The van der Waals surface area contributed by atoms with Gasteiger partial charge in [-0.05, 0) is 0 Å². The first-order chi connectivity index (χ1) is 0. The van der Waals surface area contributed by atoms with Crippen molar-refractivity contribution in [3.05, 3.63) is 7.43 Å². The number of rotatable bonds is 0. The van der Waals surface area contributed by atoms with E-state index in [1.165, 1.54) is 0 Å². The van der Waals surface area contributed by atoms with Gasteiger partial charge in [0.1, 0.15) is 0 Å². The van der Waals surface area contributed by atoms with Crippen LogP contribution in [0.1, 0.15) is 0 Å². The molecule has 1 radical (unpaired) electrons. The molecule has 0 saturated carbocycles. The Kier molecular flexibility index (Phi) is 194. The van der Waals surface area contributed by atoms with Crippen LogP contribution in [0.3, 0.4) is 0 Å². The monoisotopic (exact) mass is 225 g/mol. The molecule has 0 N–H and O–H groups in total. The second-order valence-electron chi connectivity index (χ2n) is 0. The van der Waals surface area contributed by atoms with E-state index in [4.69, 9.17) is 0 Å². The number of halogens is 2. The molecule has 0 aromatic heterocycles. The third-order valence-corrected chi connectivity index (χ3v) is 0. The molecular formula is CH3CeCl2. The first-order valence-corrected chi connectivity index (χ1v) is 0. The Morgan fingerprint density at radius 2 is 0.750 bits per heavy atom. The summed E-state index contributed by atoms with van der Waals surface area (Å²) in [6, 6.07) is 0. The van der Waals surface area contributed by atoms with E-state index in [0.717, 1.165) is 0 Å². The zero-order chi connectivity index (χ0) is 0. The van der Waals surface area contributed by atoms with Gasteiger partial charge < -0.3 is 32.2 Å². The summed E-state index contributed by atoms with van der Waals surface area (Å²) >= 11 is 0. The van der Waals surface area contributed by atoms with Crippen molar-refractivity contribution >= 4 is 0 Å². The molecule has 0 aliphatic rings. The van der Waals surface area contributed by atoms with Gasteiger partial charge in [0.2, 0.25) is 0 Å². The molecule has 0 fully saturated rings. The predicted molar refractivity (Wildman–Crippen MR) is 6.41 cm³/mol. The van der Waals surface area contributed by atoms with Crippen molar-refractivity contribution in [3.63, 3.8) is 0 Å². The van der Waals surface area contributed by atoms with Gasteiger partial charge in [-0.15, -0.1) is 0 Å². The maximum absolute atomic E-state index is 0. The maximum Gasteiger partial charge on any atom is 3.00 e. The molecule has 0 aliphatic heterocycles. The molecule has 0 atom stereocenters. The molecular weight excluding hydrogens is 223 g/mol. The Bertz CT molecular complexity index is 6.00. The van der Waals surface area contributed by atoms with E-state index >= 15 is 0 Å². The molecule has 25 valence electrons. The fraction of sp³-hybridized carbons (Fsp3) is 0. The summed E-state index contributed by atoms with van der Waals surface area (Å²) in [5.74, 6) is 0. The molecule has 0 rings (SSSR count). The molecule has 0 unspecified atom stereocenters. The van der Waals surface area contributed by atoms with Crippen molar-refractivity contribution in [1.82, 2.24) is 0 Å². The average Bonchev–Trinajstić information content (AvgIpc) is 0. The second kappa shape index (κ2) is 20.3. The van der Waals surface area contributed by atoms with E-state index in [0.29, 0.717) is 0 Å². The number of hydrogen-bond donors (Lipinski definition) is 0. The van der Waals surface area contributed by atoms with Gasteiger partial charge in [-0.2, -0.15) is 0 Å². The fourth-order valence-corrected chi connectivity index (χ4v) is 0. The van der Waals surface area contributed by atoms with Gasteiger partial charge in [0.05, 0.1) is 0 Å². The van der Waals surface area contributed by atoms with Gasteiger partial charge >= 0.3 is 41.7 Å². The standard InChI is InChI=1S/CH3.Ce.2ClH/h1H3;;2*1H/q-1;+3;;/p-2. The maximum atomic E-state index is 0. The largest absolute Gasteiger partial charge is 3.00 e. The molecule has 0 aromatic rings. The SMILES string of the molecule is [CH3-].[Ce+3].[Cl-].[Cl-]. The van der Waals surface area contributed by atoms with Crippen LogP contribution in [0.15, 0.2) is 0 Å². The van der Waals surface area contributed by atoms with Crippen LogP contribution in [0.5, 0.6) is 0 Å². The van der Waals surface area contributed by atoms with Crippen molar-refractivity contribution in [1.29, 1.82) is 0 Å². The van der Waals surface area contributed by atoms with Crippen molar-refractivity contribution in [2.75, 3.05) is 0 Å². The van der Waals surface area contributed by atoms with Crippen LogP contribution in [-0.4, -0.2) is 0 Å². The van der Waals surface area contributed by atoms with E-state index in [9.17, 15) is 0 Å². The minimum atomic E-state index is 0. The van der Waals surface area contributed by atoms with Crippen LogP contribution in [0.2, 0.25) is 0 Å². The zero-order valence-corrected chi connectivity index (χ0v) is 6.91. The Morgan fingerprint density at radius 1 is 0.750 bits per heavy atom. The van der Waals surface area contributed by atoms with Crippen molar-refractivity contribution in [2.45, 2.75) is 0 Å². The van der Waals surface area contributed by atoms with E-state index in [1.54, 1.807) is 0 Å². The van der Waals surface area contributed by atoms with E-state index in [1.807, 2.05) is 0 Å². The summed E-state index contributed by atoms with van der Waals surface area (Å²) in [5, 5.41) is 0. The summed E-state index contributed by atoms with van der Waals surface area (Å²) in [4.78, 5) is 0. The topological polar surface area (TPSA) is 0 Å². The summed E-state index contributed by atoms with van der Waals surface area (Å²) in [6.07, 6.45) is 0. The molecule has 0 nitrogen and oxygen atoms in total. The molecule has 0 saturated heterocycles. The Morgan fingerprint density at radius 3 is 0.750 bits per heavy atom. The average molecular weight is 226 g/mol. The smallest absolute Gasteiger partial charge is 1.00 e. The van der Waals surface area contributed by atoms with Crippen LogP contribution in [0.4, 0.5) is 0 Å². The molecule has 0 spiro atoms. The van der Waals surface area contributed by atoms with Gasteiger partial charge in [-0.3, -0.25) is 0 Å². The van der Waals surface area contributed by atoms with Crippen molar-refractivity contribution < 1.29 is 66.6 Å². The summed E-state index contributed by atoms with van der Waals surface area (Å²) in [5.41, 5.74) is 0. The van der Waals surface area contributed by atoms with Gasteiger partial charge in [0.15, 0.2) is 0 Å². The van der Waals surface area contributed by atoms with Crippen LogP contribution in [0.25, 0.3) is 0 Å². The quantitative estimate of drug-likeness (QED) is 0.361. The van der Waals surface area contributed by atoms with Crippen molar-refractivity contribution in [3.8, 4) is 0 Å². The van der Waals surface area contributed by atoms with E-state index in [-0.39, 0.29) is 74.0 Å². The molecule has 0 aromatic carbocycles. The molecule has 0 aliphatic carbocycles. The molecule has 3 heteroatoms. The van der Waals surface area contributed by atoms with Gasteiger partial charge in [-0.25, -0.2) is 0 Å². The van der Waals surface area contributed by atoms with Gasteiger partial charge in [0.25, 0.3) is 0 Å². The van der Waals surface area contributed by atoms with Crippen LogP contribution >= 0.6 is 0 Å². The molecule has 0 bridgehead atoms. The summed E-state index contributed by atoms with van der Waals surface area (Å²) < 4.78 is 0. The summed E-state index contributed by atoms with van der Waals surface area (Å²) in [6.45, 7) is 0. The third kappa shape index (κ3) is 9.03. The van der Waals surface area contributed by atoms with Crippen molar-refractivity contribution in [2.24, 2.45) is 0 Å². The second-order valence-corrected chi connectivity index (χ2v) is 0. The first-order valence-electron chi connectivity index (χ1n) is 0. The molecule has 0 heterocycles. The number of hydrogen-bond acceptors (Lipinski definition) is 0. The Hall–Kier alpha value is 1.96. The third-order valence-electron chi connectivity index (χ3n) is 0. The van der Waals surface area contributed by atoms with Gasteiger partial charge in [-0.1, -0.05) is 0 Å². The Labute approximate surface area is 72.9 Å². The van der Waals surface area contributed by atoms with Crippen LogP contribution in [-0.2, 0) is 0 Å². The Balaban J connectivity index is 0. The van der Waals surface area contributed by atoms with E-state index < -0.39 is 0 Å². The minimum absolute atomic E-state index is 0. The van der Waals surface area contributed by atoms with Gasteiger partial charge in [0, 0.05) is 0 Å². The normalized spacial score (nSPS) is 0.